The summed E-state index contributed by atoms with van der Waals surface area (Å²) >= 11 is 0. The molecule has 1 aromatic carbocycles. The number of unbranched alkanes of at least 4 members (excludes halogenated alkanes) is 1. The zero-order valence-electron chi connectivity index (χ0n) is 10.8. The third kappa shape index (κ3) is 5.85. The number of rotatable bonds is 6. The zero-order chi connectivity index (χ0) is 14.3. The minimum Gasteiger partial charge on any atom is -0.352 e. The Hall–Kier alpha value is -2.11. The third-order valence-corrected chi connectivity index (χ3v) is 2.59. The standard InChI is InChI=1S/C13H18FN3O2/c1-9-5-6-10(8-11(9)14)17-12(18)4-2-3-7-16-13(15)19/h5-6,8H,2-4,7H2,1H3,(H,17,18)(H3,15,16,19). The molecule has 3 amide bonds. The predicted octanol–water partition coefficient (Wildman–Crippen LogP) is 1.91. The topological polar surface area (TPSA) is 84.2 Å². The first-order chi connectivity index (χ1) is 8.99. The van der Waals surface area contributed by atoms with Gasteiger partial charge in [-0.1, -0.05) is 6.07 Å². The normalized spacial score (nSPS) is 10.0. The number of anilines is 1. The number of nitrogens with two attached hydrogens (primary N) is 1. The summed E-state index contributed by atoms with van der Waals surface area (Å²) in [6.07, 6.45) is 1.61. The van der Waals surface area contributed by atoms with Crippen LogP contribution in [0.15, 0.2) is 18.2 Å². The Balaban J connectivity index is 2.27. The van der Waals surface area contributed by atoms with Gasteiger partial charge in [-0.25, -0.2) is 9.18 Å². The van der Waals surface area contributed by atoms with Crippen LogP contribution in [0.25, 0.3) is 0 Å². The van der Waals surface area contributed by atoms with Crippen LogP contribution in [0.1, 0.15) is 24.8 Å². The number of aryl methyl sites for hydroxylation is 1. The van der Waals surface area contributed by atoms with E-state index >= 15 is 0 Å². The van der Waals surface area contributed by atoms with Crippen molar-refractivity contribution in [3.63, 3.8) is 0 Å². The predicted molar refractivity (Wildman–Crippen MR) is 71.2 cm³/mol. The molecule has 0 bridgehead atoms. The van der Waals surface area contributed by atoms with Crippen molar-refractivity contribution in [2.24, 2.45) is 5.73 Å². The molecule has 0 aliphatic carbocycles. The van der Waals surface area contributed by atoms with E-state index in [-0.39, 0.29) is 11.7 Å². The number of urea groups is 1. The Labute approximate surface area is 111 Å². The molecule has 1 aromatic rings. The summed E-state index contributed by atoms with van der Waals surface area (Å²) in [7, 11) is 0. The highest BCUT2D eigenvalue weighted by atomic mass is 19.1. The van der Waals surface area contributed by atoms with Gasteiger partial charge < -0.3 is 16.4 Å². The maximum absolute atomic E-state index is 13.3. The number of carbonyl (C=O) groups excluding carboxylic acids is 2. The third-order valence-electron chi connectivity index (χ3n) is 2.59. The number of amides is 3. The Morgan fingerprint density at radius 1 is 1.32 bits per heavy atom. The van der Waals surface area contributed by atoms with Crippen LogP contribution in [0.4, 0.5) is 14.9 Å². The lowest BCUT2D eigenvalue weighted by Crippen LogP contribution is -2.30. The maximum atomic E-state index is 13.3. The summed E-state index contributed by atoms with van der Waals surface area (Å²) in [5.74, 6) is -0.522. The first-order valence-corrected chi connectivity index (χ1v) is 6.08. The number of nitrogens with one attached hydrogen (secondary N) is 2. The SMILES string of the molecule is Cc1ccc(NC(=O)CCCCNC(N)=O)cc1F. The minimum absolute atomic E-state index is 0.178. The van der Waals surface area contributed by atoms with Crippen LogP contribution < -0.4 is 16.4 Å². The number of benzene rings is 1. The quantitative estimate of drug-likeness (QED) is 0.688. The van der Waals surface area contributed by atoms with Crippen LogP contribution >= 0.6 is 0 Å². The second-order valence-electron chi connectivity index (χ2n) is 4.26. The number of primary amides is 1. The van der Waals surface area contributed by atoms with Gasteiger partial charge in [-0.3, -0.25) is 4.79 Å². The van der Waals surface area contributed by atoms with E-state index in [1.807, 2.05) is 0 Å². The van der Waals surface area contributed by atoms with Crippen LogP contribution in [-0.4, -0.2) is 18.5 Å². The lowest BCUT2D eigenvalue weighted by Gasteiger charge is -2.06. The summed E-state index contributed by atoms with van der Waals surface area (Å²) < 4.78 is 13.3. The van der Waals surface area contributed by atoms with Gasteiger partial charge in [0, 0.05) is 18.7 Å². The smallest absolute Gasteiger partial charge is 0.312 e. The van der Waals surface area contributed by atoms with Crippen molar-refractivity contribution in [2.75, 3.05) is 11.9 Å². The van der Waals surface area contributed by atoms with Crippen molar-refractivity contribution in [1.29, 1.82) is 0 Å². The second-order valence-corrected chi connectivity index (χ2v) is 4.26. The molecule has 0 radical (unpaired) electrons. The summed E-state index contributed by atoms with van der Waals surface area (Å²) in [6, 6.07) is 3.99. The summed E-state index contributed by atoms with van der Waals surface area (Å²) in [6.45, 7) is 2.11. The maximum Gasteiger partial charge on any atom is 0.312 e. The van der Waals surface area contributed by atoms with E-state index in [1.54, 1.807) is 19.1 Å². The molecule has 0 aromatic heterocycles. The molecule has 19 heavy (non-hydrogen) atoms. The van der Waals surface area contributed by atoms with Crippen LogP contribution in [-0.2, 0) is 4.79 Å². The van der Waals surface area contributed by atoms with Crippen LogP contribution in [0, 0.1) is 12.7 Å². The first kappa shape index (κ1) is 14.9. The lowest BCUT2D eigenvalue weighted by atomic mass is 10.2. The molecule has 5 nitrogen and oxygen atoms in total. The highest BCUT2D eigenvalue weighted by Gasteiger charge is 2.04. The van der Waals surface area contributed by atoms with E-state index < -0.39 is 6.03 Å². The van der Waals surface area contributed by atoms with E-state index in [0.717, 1.165) is 0 Å². The van der Waals surface area contributed by atoms with E-state index in [0.29, 0.717) is 37.1 Å². The van der Waals surface area contributed by atoms with Gasteiger partial charge in [-0.15, -0.1) is 0 Å². The van der Waals surface area contributed by atoms with Gasteiger partial charge in [-0.05, 0) is 37.5 Å². The molecule has 0 aliphatic heterocycles. The van der Waals surface area contributed by atoms with Crippen molar-refractivity contribution in [3.8, 4) is 0 Å². The molecule has 0 saturated carbocycles. The van der Waals surface area contributed by atoms with E-state index in [9.17, 15) is 14.0 Å². The van der Waals surface area contributed by atoms with Gasteiger partial charge in [0.25, 0.3) is 0 Å². The molecule has 0 unspecified atom stereocenters. The fourth-order valence-corrected chi connectivity index (χ4v) is 1.52. The molecule has 0 atom stereocenters. The average Bonchev–Trinajstić information content (AvgIpc) is 2.33. The Morgan fingerprint density at radius 2 is 2.05 bits per heavy atom. The van der Waals surface area contributed by atoms with E-state index in [1.165, 1.54) is 6.07 Å². The fourth-order valence-electron chi connectivity index (χ4n) is 1.52. The summed E-state index contributed by atoms with van der Waals surface area (Å²) in [4.78, 5) is 22.0. The molecular formula is C13H18FN3O2. The minimum atomic E-state index is -0.570. The Kier molecular flexibility index (Phi) is 5.78. The van der Waals surface area contributed by atoms with Crippen molar-refractivity contribution in [1.82, 2.24) is 5.32 Å². The molecular weight excluding hydrogens is 249 g/mol. The number of hydrogen-bond acceptors (Lipinski definition) is 2. The van der Waals surface area contributed by atoms with Gasteiger partial charge in [0.2, 0.25) is 5.91 Å². The van der Waals surface area contributed by atoms with Crippen molar-refractivity contribution >= 4 is 17.6 Å². The molecule has 4 N–H and O–H groups in total. The molecule has 0 spiro atoms. The molecule has 0 fully saturated rings. The van der Waals surface area contributed by atoms with E-state index in [4.69, 9.17) is 5.73 Å². The molecule has 0 saturated heterocycles. The van der Waals surface area contributed by atoms with Gasteiger partial charge in [0.05, 0.1) is 0 Å². The fraction of sp³-hybridized carbons (Fsp3) is 0.385. The highest BCUT2D eigenvalue weighted by molar-refractivity contribution is 5.90. The van der Waals surface area contributed by atoms with Gasteiger partial charge in [0.15, 0.2) is 0 Å². The van der Waals surface area contributed by atoms with Gasteiger partial charge >= 0.3 is 6.03 Å². The first-order valence-electron chi connectivity index (χ1n) is 6.08. The molecule has 0 heterocycles. The van der Waals surface area contributed by atoms with Crippen molar-refractivity contribution < 1.29 is 14.0 Å². The molecule has 6 heteroatoms. The highest BCUT2D eigenvalue weighted by Crippen LogP contribution is 2.14. The lowest BCUT2D eigenvalue weighted by molar-refractivity contribution is -0.116. The van der Waals surface area contributed by atoms with Gasteiger partial charge in [0.1, 0.15) is 5.82 Å². The number of carbonyl (C=O) groups is 2. The largest absolute Gasteiger partial charge is 0.352 e. The number of hydrogen-bond donors (Lipinski definition) is 3. The Bertz CT molecular complexity index is 463. The zero-order valence-corrected chi connectivity index (χ0v) is 10.8. The molecule has 0 aliphatic rings. The van der Waals surface area contributed by atoms with Crippen LogP contribution in [0.2, 0.25) is 0 Å². The average molecular weight is 267 g/mol. The van der Waals surface area contributed by atoms with Crippen molar-refractivity contribution in [2.45, 2.75) is 26.2 Å². The van der Waals surface area contributed by atoms with Crippen molar-refractivity contribution in [3.05, 3.63) is 29.6 Å². The number of halogens is 1. The Morgan fingerprint density at radius 3 is 2.68 bits per heavy atom. The van der Waals surface area contributed by atoms with Crippen LogP contribution in [0.3, 0.4) is 0 Å². The van der Waals surface area contributed by atoms with Gasteiger partial charge in [-0.2, -0.15) is 0 Å². The second kappa shape index (κ2) is 7.35. The summed E-state index contributed by atoms with van der Waals surface area (Å²) in [5.41, 5.74) is 5.88. The molecule has 1 rings (SSSR count). The van der Waals surface area contributed by atoms with E-state index in [2.05, 4.69) is 10.6 Å². The molecule has 104 valence electrons. The monoisotopic (exact) mass is 267 g/mol. The van der Waals surface area contributed by atoms with Crippen LogP contribution in [0.5, 0.6) is 0 Å². The summed E-state index contributed by atoms with van der Waals surface area (Å²) in [5, 5.41) is 5.06.